The molecule has 20 heavy (non-hydrogen) atoms. The third-order valence-corrected chi connectivity index (χ3v) is 4.15. The van der Waals surface area contributed by atoms with Crippen LogP contribution in [0.1, 0.15) is 25.0 Å². The minimum Gasteiger partial charge on any atom is -0.367 e. The molecule has 2 rings (SSSR count). The molecule has 1 aromatic carbocycles. The van der Waals surface area contributed by atoms with Crippen LogP contribution in [0.25, 0.3) is 0 Å². The summed E-state index contributed by atoms with van der Waals surface area (Å²) in [6.07, 6.45) is 0.504. The molecule has 4 nitrogen and oxygen atoms in total. The summed E-state index contributed by atoms with van der Waals surface area (Å²) >= 11 is 0. The molecule has 1 fully saturated rings. The number of hydrogen-bond donors (Lipinski definition) is 1. The molecule has 0 aromatic heterocycles. The second-order valence-electron chi connectivity index (χ2n) is 5.47. The Morgan fingerprint density at radius 2 is 2.10 bits per heavy atom. The van der Waals surface area contributed by atoms with Gasteiger partial charge >= 0.3 is 0 Å². The lowest BCUT2D eigenvalue weighted by Crippen LogP contribution is -2.50. The van der Waals surface area contributed by atoms with Crippen LogP contribution < -0.4 is 5.32 Å². The largest absolute Gasteiger partial charge is 0.367 e. The van der Waals surface area contributed by atoms with Gasteiger partial charge in [0.15, 0.2) is 6.10 Å². The molecule has 1 N–H and O–H groups in total. The summed E-state index contributed by atoms with van der Waals surface area (Å²) in [6.45, 7) is 3.77. The van der Waals surface area contributed by atoms with Crippen LogP contribution in [0.2, 0.25) is 0 Å². The molecule has 1 saturated heterocycles. The van der Waals surface area contributed by atoms with Crippen molar-refractivity contribution in [1.29, 1.82) is 0 Å². The van der Waals surface area contributed by atoms with E-state index in [0.29, 0.717) is 12.0 Å². The number of carbonyl (C=O) groups is 1. The van der Waals surface area contributed by atoms with Crippen LogP contribution in [-0.4, -0.2) is 44.1 Å². The van der Waals surface area contributed by atoms with Gasteiger partial charge in [0.2, 0.25) is 0 Å². The Kier molecular flexibility index (Phi) is 5.15. The van der Waals surface area contributed by atoms with E-state index in [4.69, 9.17) is 4.74 Å². The second kappa shape index (κ2) is 6.86. The van der Waals surface area contributed by atoms with Gasteiger partial charge in [0.25, 0.3) is 5.91 Å². The van der Waals surface area contributed by atoms with Gasteiger partial charge in [-0.1, -0.05) is 37.3 Å². The number of rotatable bonds is 4. The number of piperidine rings is 1. The van der Waals surface area contributed by atoms with Gasteiger partial charge in [-0.25, -0.2) is 0 Å². The van der Waals surface area contributed by atoms with Gasteiger partial charge in [-0.3, -0.25) is 4.79 Å². The summed E-state index contributed by atoms with van der Waals surface area (Å²) < 4.78 is 5.43. The normalized spacial score (nSPS) is 24.4. The van der Waals surface area contributed by atoms with Crippen molar-refractivity contribution < 1.29 is 9.53 Å². The number of nitrogens with zero attached hydrogens (tertiary/aromatic N) is 1. The van der Waals surface area contributed by atoms with E-state index in [2.05, 4.69) is 12.2 Å². The van der Waals surface area contributed by atoms with Crippen LogP contribution in [0, 0.1) is 5.92 Å². The van der Waals surface area contributed by atoms with Crippen molar-refractivity contribution in [3.63, 3.8) is 0 Å². The maximum atomic E-state index is 12.7. The smallest absolute Gasteiger partial charge is 0.256 e. The molecule has 1 aromatic rings. The van der Waals surface area contributed by atoms with E-state index >= 15 is 0 Å². The zero-order valence-corrected chi connectivity index (χ0v) is 12.5. The number of carbonyl (C=O) groups excluding carboxylic acids is 1. The fourth-order valence-corrected chi connectivity index (χ4v) is 2.95. The van der Waals surface area contributed by atoms with Crippen LogP contribution in [0.5, 0.6) is 0 Å². The van der Waals surface area contributed by atoms with Crippen LogP contribution in [0.3, 0.4) is 0 Å². The molecule has 1 aliphatic rings. The topological polar surface area (TPSA) is 41.6 Å². The van der Waals surface area contributed by atoms with Gasteiger partial charge in [0.1, 0.15) is 0 Å². The Hall–Kier alpha value is -1.39. The molecule has 1 aliphatic heterocycles. The summed E-state index contributed by atoms with van der Waals surface area (Å²) in [7, 11) is 3.58. The van der Waals surface area contributed by atoms with Gasteiger partial charge < -0.3 is 15.0 Å². The van der Waals surface area contributed by atoms with Gasteiger partial charge in [-0.2, -0.15) is 0 Å². The monoisotopic (exact) mass is 276 g/mol. The summed E-state index contributed by atoms with van der Waals surface area (Å²) in [5, 5.41) is 3.32. The van der Waals surface area contributed by atoms with Crippen LogP contribution in [0.4, 0.5) is 0 Å². The number of likely N-dealkylation sites (tertiary alicyclic amines) is 1. The summed E-state index contributed by atoms with van der Waals surface area (Å²) in [4.78, 5) is 14.6. The first-order valence-corrected chi connectivity index (χ1v) is 7.21. The van der Waals surface area contributed by atoms with Crippen LogP contribution >= 0.6 is 0 Å². The molecule has 1 amide bonds. The van der Waals surface area contributed by atoms with Crippen LogP contribution in [0.15, 0.2) is 30.3 Å². The van der Waals surface area contributed by atoms with E-state index < -0.39 is 6.10 Å². The highest BCUT2D eigenvalue weighted by Gasteiger charge is 2.32. The molecule has 0 aliphatic carbocycles. The average molecular weight is 276 g/mol. The predicted molar refractivity (Wildman–Crippen MR) is 79.4 cm³/mol. The summed E-state index contributed by atoms with van der Waals surface area (Å²) in [5.41, 5.74) is 0.920. The Morgan fingerprint density at radius 3 is 2.65 bits per heavy atom. The van der Waals surface area contributed by atoms with E-state index in [1.165, 1.54) is 0 Å². The predicted octanol–water partition coefficient (Wildman–Crippen LogP) is 1.83. The standard InChI is InChI=1S/C16H24N2O2/c1-12-11-18(10-9-14(12)17-2)16(19)15(20-3)13-7-5-4-6-8-13/h4-8,12,14-15,17H,9-11H2,1-3H3. The quantitative estimate of drug-likeness (QED) is 0.912. The Morgan fingerprint density at radius 1 is 1.40 bits per heavy atom. The zero-order valence-electron chi connectivity index (χ0n) is 12.5. The molecular weight excluding hydrogens is 252 g/mol. The van der Waals surface area contributed by atoms with E-state index in [1.54, 1.807) is 7.11 Å². The third kappa shape index (κ3) is 3.19. The lowest BCUT2D eigenvalue weighted by Gasteiger charge is -2.38. The highest BCUT2D eigenvalue weighted by atomic mass is 16.5. The second-order valence-corrected chi connectivity index (χ2v) is 5.47. The number of nitrogens with one attached hydrogen (secondary N) is 1. The maximum Gasteiger partial charge on any atom is 0.256 e. The Labute approximate surface area is 121 Å². The number of methoxy groups -OCH3 is 1. The van der Waals surface area contributed by atoms with Crippen molar-refractivity contribution in [2.24, 2.45) is 5.92 Å². The van der Waals surface area contributed by atoms with Crippen molar-refractivity contribution in [3.05, 3.63) is 35.9 Å². The highest BCUT2D eigenvalue weighted by molar-refractivity contribution is 5.82. The summed E-state index contributed by atoms with van der Waals surface area (Å²) in [6, 6.07) is 10.2. The lowest BCUT2D eigenvalue weighted by molar-refractivity contribution is -0.144. The minimum atomic E-state index is -0.491. The number of ether oxygens (including phenoxy) is 1. The van der Waals surface area contributed by atoms with E-state index in [-0.39, 0.29) is 5.91 Å². The SMILES string of the molecule is CNC1CCN(C(=O)C(OC)c2ccccc2)CC1C. The molecule has 110 valence electrons. The Balaban J connectivity index is 2.07. The van der Waals surface area contributed by atoms with E-state index in [0.717, 1.165) is 25.1 Å². The first kappa shape index (κ1) is 15.0. The molecule has 3 unspecified atom stereocenters. The fourth-order valence-electron chi connectivity index (χ4n) is 2.95. The minimum absolute atomic E-state index is 0.0695. The van der Waals surface area contributed by atoms with Crippen molar-refractivity contribution >= 4 is 5.91 Å². The third-order valence-electron chi connectivity index (χ3n) is 4.15. The first-order valence-electron chi connectivity index (χ1n) is 7.21. The first-order chi connectivity index (χ1) is 9.67. The molecule has 1 heterocycles. The van der Waals surface area contributed by atoms with E-state index in [9.17, 15) is 4.79 Å². The molecule has 0 bridgehead atoms. The van der Waals surface area contributed by atoms with Gasteiger partial charge in [0.05, 0.1) is 0 Å². The molecule has 0 radical (unpaired) electrons. The van der Waals surface area contributed by atoms with E-state index in [1.807, 2.05) is 42.3 Å². The molecule has 4 heteroatoms. The van der Waals surface area contributed by atoms with Crippen LogP contribution in [-0.2, 0) is 9.53 Å². The molecule has 0 saturated carbocycles. The number of hydrogen-bond acceptors (Lipinski definition) is 3. The molecular formula is C16H24N2O2. The number of benzene rings is 1. The fraction of sp³-hybridized carbons (Fsp3) is 0.562. The lowest BCUT2D eigenvalue weighted by atomic mass is 9.93. The molecule has 3 atom stereocenters. The summed E-state index contributed by atoms with van der Waals surface area (Å²) in [5.74, 6) is 0.533. The Bertz CT molecular complexity index is 435. The van der Waals surface area contributed by atoms with Crippen molar-refractivity contribution in [1.82, 2.24) is 10.2 Å². The maximum absolute atomic E-state index is 12.7. The van der Waals surface area contributed by atoms with Gasteiger partial charge in [0, 0.05) is 26.2 Å². The van der Waals surface area contributed by atoms with Crippen molar-refractivity contribution in [3.8, 4) is 0 Å². The number of amides is 1. The van der Waals surface area contributed by atoms with Gasteiger partial charge in [-0.05, 0) is 24.9 Å². The van der Waals surface area contributed by atoms with Gasteiger partial charge in [-0.15, -0.1) is 0 Å². The molecule has 0 spiro atoms. The van der Waals surface area contributed by atoms with Crippen molar-refractivity contribution in [2.45, 2.75) is 25.5 Å². The highest BCUT2D eigenvalue weighted by Crippen LogP contribution is 2.23. The average Bonchev–Trinajstić information content (AvgIpc) is 2.49. The zero-order chi connectivity index (χ0) is 14.5. The van der Waals surface area contributed by atoms with Crippen molar-refractivity contribution in [2.75, 3.05) is 27.2 Å².